The van der Waals surface area contributed by atoms with E-state index in [2.05, 4.69) is 10.3 Å². The molecular formula is C23H28FN3O2. The summed E-state index contributed by atoms with van der Waals surface area (Å²) in [4.78, 5) is 17.4. The Balaban J connectivity index is 1.61. The summed E-state index contributed by atoms with van der Waals surface area (Å²) >= 11 is 0. The molecule has 1 amide bonds. The predicted octanol–water partition coefficient (Wildman–Crippen LogP) is 4.28. The molecule has 1 unspecified atom stereocenters. The zero-order valence-electron chi connectivity index (χ0n) is 17.0. The monoisotopic (exact) mass is 397 g/mol. The third kappa shape index (κ3) is 4.13. The van der Waals surface area contributed by atoms with Crippen LogP contribution >= 0.6 is 0 Å². The summed E-state index contributed by atoms with van der Waals surface area (Å²) in [6, 6.07) is 3.47. The van der Waals surface area contributed by atoms with Crippen LogP contribution in [0.15, 0.2) is 48.1 Å². The van der Waals surface area contributed by atoms with Crippen molar-refractivity contribution in [1.82, 2.24) is 14.9 Å². The van der Waals surface area contributed by atoms with Gasteiger partial charge in [-0.25, -0.2) is 4.39 Å². The minimum Gasteiger partial charge on any atom is -0.391 e. The molecule has 154 valence electrons. The van der Waals surface area contributed by atoms with Crippen LogP contribution in [-0.4, -0.2) is 32.7 Å². The molecule has 2 N–H and O–H groups in total. The molecule has 5 nitrogen and oxygen atoms in total. The molecule has 0 spiro atoms. The van der Waals surface area contributed by atoms with Gasteiger partial charge >= 0.3 is 0 Å². The van der Waals surface area contributed by atoms with Crippen molar-refractivity contribution >= 4 is 16.9 Å². The fourth-order valence-electron chi connectivity index (χ4n) is 4.25. The Bertz CT molecular complexity index is 989. The van der Waals surface area contributed by atoms with Crippen LogP contribution in [0, 0.1) is 5.41 Å². The topological polar surface area (TPSA) is 67.2 Å². The zero-order valence-corrected chi connectivity index (χ0v) is 17.0. The average molecular weight is 397 g/mol. The maximum absolute atomic E-state index is 14.6. The lowest BCUT2D eigenvalue weighted by molar-refractivity contribution is 0.0718. The molecule has 2 heterocycles. The molecule has 1 saturated carbocycles. The second-order valence-electron chi connectivity index (χ2n) is 8.89. The molecule has 2 aliphatic carbocycles. The summed E-state index contributed by atoms with van der Waals surface area (Å²) < 4.78 is 16.5. The van der Waals surface area contributed by atoms with Crippen LogP contribution < -0.4 is 5.32 Å². The van der Waals surface area contributed by atoms with Gasteiger partial charge in [-0.05, 0) is 42.9 Å². The molecule has 6 heteroatoms. The minimum atomic E-state index is -0.510. The lowest BCUT2D eigenvalue weighted by atomic mass is 9.83. The first-order valence-electron chi connectivity index (χ1n) is 10.3. The van der Waals surface area contributed by atoms with Crippen LogP contribution in [0.1, 0.15) is 56.3 Å². The lowest BCUT2D eigenvalue weighted by Crippen LogP contribution is -2.45. The highest BCUT2D eigenvalue weighted by molar-refractivity contribution is 6.05. The molecule has 2 aromatic rings. The first kappa shape index (κ1) is 19.8. The van der Waals surface area contributed by atoms with Crippen molar-refractivity contribution in [1.29, 1.82) is 0 Å². The Labute approximate surface area is 170 Å². The maximum Gasteiger partial charge on any atom is 0.255 e. The molecule has 0 saturated heterocycles. The lowest BCUT2D eigenvalue weighted by Gasteiger charge is -2.28. The van der Waals surface area contributed by atoms with E-state index in [-0.39, 0.29) is 23.2 Å². The molecule has 0 radical (unpaired) electrons. The van der Waals surface area contributed by atoms with E-state index in [9.17, 15) is 14.3 Å². The molecule has 29 heavy (non-hydrogen) atoms. The number of hydrogen-bond donors (Lipinski definition) is 2. The van der Waals surface area contributed by atoms with Gasteiger partial charge in [0.05, 0.1) is 29.8 Å². The van der Waals surface area contributed by atoms with E-state index in [4.69, 9.17) is 0 Å². The number of amides is 1. The van der Waals surface area contributed by atoms with Gasteiger partial charge in [-0.3, -0.25) is 9.78 Å². The Hall–Kier alpha value is -2.47. The van der Waals surface area contributed by atoms with E-state index >= 15 is 0 Å². The number of pyridine rings is 1. The zero-order chi connectivity index (χ0) is 20.6. The van der Waals surface area contributed by atoms with Gasteiger partial charge in [0.2, 0.25) is 0 Å². The number of hydrogen-bond acceptors (Lipinski definition) is 3. The van der Waals surface area contributed by atoms with Gasteiger partial charge in [-0.1, -0.05) is 32.8 Å². The first-order chi connectivity index (χ1) is 13.8. The molecular weight excluding hydrogens is 369 g/mol. The summed E-state index contributed by atoms with van der Waals surface area (Å²) in [6.45, 7) is 4.37. The van der Waals surface area contributed by atoms with Crippen molar-refractivity contribution in [2.24, 2.45) is 5.41 Å². The average Bonchev–Trinajstić information content (AvgIpc) is 3.04. The summed E-state index contributed by atoms with van der Waals surface area (Å²) in [5, 5.41) is 13.2. The second kappa shape index (κ2) is 7.75. The standard InChI is InChI=1S/C23H28FN3O2/c1-23(2)10-9-15(17(24)12-23)13-27-14-16(21-19(27)7-5-11-25-21)22(29)26-18-6-3-4-8-20(18)28/h5,7,9,11-12,14,18,20,28H,3-4,6,8,10,13H2,1-2H3,(H,26,29)/t18-,20?/m0/s1. The van der Waals surface area contributed by atoms with Crippen molar-refractivity contribution < 1.29 is 14.3 Å². The van der Waals surface area contributed by atoms with Gasteiger partial charge in [0.25, 0.3) is 5.91 Å². The van der Waals surface area contributed by atoms with Crippen LogP contribution in [-0.2, 0) is 6.54 Å². The van der Waals surface area contributed by atoms with Crippen molar-refractivity contribution in [2.75, 3.05) is 0 Å². The summed E-state index contributed by atoms with van der Waals surface area (Å²) in [7, 11) is 0. The van der Waals surface area contributed by atoms with E-state index in [0.29, 0.717) is 29.6 Å². The number of halogens is 1. The fourth-order valence-corrected chi connectivity index (χ4v) is 4.25. The SMILES string of the molecule is CC1(C)C=C(F)C(Cn2cc(C(=O)N[C@H]3CCCCC3O)c3ncccc32)=CC1. The van der Waals surface area contributed by atoms with Gasteiger partial charge in [0.1, 0.15) is 11.3 Å². The molecule has 2 atom stereocenters. The largest absolute Gasteiger partial charge is 0.391 e. The van der Waals surface area contributed by atoms with Crippen LogP contribution in [0.3, 0.4) is 0 Å². The Morgan fingerprint density at radius 2 is 2.17 bits per heavy atom. The second-order valence-corrected chi connectivity index (χ2v) is 8.89. The number of nitrogens with zero attached hydrogens (tertiary/aromatic N) is 2. The predicted molar refractivity (Wildman–Crippen MR) is 111 cm³/mol. The highest BCUT2D eigenvalue weighted by Gasteiger charge is 2.27. The fraction of sp³-hybridized carbons (Fsp3) is 0.478. The van der Waals surface area contributed by atoms with E-state index in [1.54, 1.807) is 18.5 Å². The van der Waals surface area contributed by atoms with Crippen LogP contribution in [0.25, 0.3) is 11.0 Å². The van der Waals surface area contributed by atoms with E-state index < -0.39 is 6.10 Å². The van der Waals surface area contributed by atoms with Crippen molar-refractivity contribution in [3.05, 3.63) is 53.6 Å². The summed E-state index contributed by atoms with van der Waals surface area (Å²) in [6.07, 6.45) is 10.7. The molecule has 0 aromatic carbocycles. The highest BCUT2D eigenvalue weighted by atomic mass is 19.1. The molecule has 0 aliphatic heterocycles. The van der Waals surface area contributed by atoms with E-state index in [1.807, 2.05) is 36.6 Å². The Morgan fingerprint density at radius 3 is 2.93 bits per heavy atom. The molecule has 4 rings (SSSR count). The number of carbonyl (C=O) groups is 1. The first-order valence-corrected chi connectivity index (χ1v) is 10.3. The third-order valence-electron chi connectivity index (χ3n) is 5.97. The maximum atomic E-state index is 14.6. The van der Waals surface area contributed by atoms with Gasteiger partial charge in [-0.15, -0.1) is 0 Å². The van der Waals surface area contributed by atoms with Crippen molar-refractivity contribution in [3.63, 3.8) is 0 Å². The third-order valence-corrected chi connectivity index (χ3v) is 5.97. The number of aromatic nitrogens is 2. The quantitative estimate of drug-likeness (QED) is 0.809. The number of aliphatic hydroxyl groups excluding tert-OH is 1. The van der Waals surface area contributed by atoms with Gasteiger partial charge in [0.15, 0.2) is 0 Å². The Morgan fingerprint density at radius 1 is 1.38 bits per heavy atom. The highest BCUT2D eigenvalue weighted by Crippen LogP contribution is 2.34. The molecule has 2 aliphatic rings. The van der Waals surface area contributed by atoms with Crippen LogP contribution in [0.2, 0.25) is 0 Å². The van der Waals surface area contributed by atoms with E-state index in [0.717, 1.165) is 31.2 Å². The number of allylic oxidation sites excluding steroid dienone is 4. The number of rotatable bonds is 4. The Kier molecular flexibility index (Phi) is 5.30. The molecule has 0 bridgehead atoms. The number of nitrogens with one attached hydrogen (secondary N) is 1. The minimum absolute atomic E-state index is 0.181. The van der Waals surface area contributed by atoms with Crippen LogP contribution in [0.4, 0.5) is 4.39 Å². The molecule has 2 aromatic heterocycles. The van der Waals surface area contributed by atoms with Gasteiger partial charge in [-0.2, -0.15) is 0 Å². The number of aliphatic hydroxyl groups is 1. The molecule has 1 fully saturated rings. The number of fused-ring (bicyclic) bond motifs is 1. The van der Waals surface area contributed by atoms with E-state index in [1.165, 1.54) is 0 Å². The summed E-state index contributed by atoms with van der Waals surface area (Å²) in [5.41, 5.74) is 2.29. The smallest absolute Gasteiger partial charge is 0.255 e. The van der Waals surface area contributed by atoms with Crippen molar-refractivity contribution in [2.45, 2.75) is 64.6 Å². The van der Waals surface area contributed by atoms with Crippen molar-refractivity contribution in [3.8, 4) is 0 Å². The van der Waals surface area contributed by atoms with Gasteiger partial charge in [0, 0.05) is 18.0 Å². The number of carbonyl (C=O) groups excluding carboxylic acids is 1. The van der Waals surface area contributed by atoms with Gasteiger partial charge < -0.3 is 15.0 Å². The summed E-state index contributed by atoms with van der Waals surface area (Å²) in [5.74, 6) is -0.448. The normalized spacial score (nSPS) is 24.1. The van der Waals surface area contributed by atoms with Crippen LogP contribution in [0.5, 0.6) is 0 Å².